The largest absolute Gasteiger partial charge is 0.370 e. The summed E-state index contributed by atoms with van der Waals surface area (Å²) in [5.41, 5.74) is 7.44. The van der Waals surface area contributed by atoms with Gasteiger partial charge in [0.05, 0.1) is 16.1 Å². The van der Waals surface area contributed by atoms with Crippen molar-refractivity contribution in [1.29, 1.82) is 0 Å². The van der Waals surface area contributed by atoms with Crippen LogP contribution in [0.4, 0.5) is 5.69 Å². The number of anilines is 1. The second-order valence-electron chi connectivity index (χ2n) is 10.2. The molecule has 0 aliphatic heterocycles. The summed E-state index contributed by atoms with van der Waals surface area (Å²) in [6, 6.07) is 23.7. The van der Waals surface area contributed by atoms with Gasteiger partial charge in [-0.05, 0) is 24.2 Å². The molecule has 0 spiro atoms. The fourth-order valence-electron chi connectivity index (χ4n) is 4.86. The van der Waals surface area contributed by atoms with Crippen molar-refractivity contribution in [3.63, 3.8) is 0 Å². The number of benzene rings is 1. The van der Waals surface area contributed by atoms with E-state index < -0.39 is 34.1 Å². The summed E-state index contributed by atoms with van der Waals surface area (Å²) in [5.74, 6) is 1.26. The van der Waals surface area contributed by atoms with Crippen molar-refractivity contribution in [2.45, 2.75) is 115 Å². The summed E-state index contributed by atoms with van der Waals surface area (Å²) >= 11 is 0. The molecule has 5 nitrogen and oxygen atoms in total. The predicted molar refractivity (Wildman–Crippen MR) is 169 cm³/mol. The SMILES string of the molecule is CC[Si](CC)(CC)CC[Si](C)/N=C(\N/C(N)=N/[Si](C)CC[Si](CC)(CC)CC)Nc1ccccc1. The lowest BCUT2D eigenvalue weighted by Gasteiger charge is -2.28. The molecule has 1 aromatic carbocycles. The van der Waals surface area contributed by atoms with Crippen molar-refractivity contribution in [2.24, 2.45) is 15.0 Å². The molecule has 0 saturated carbocycles. The lowest BCUT2D eigenvalue weighted by molar-refractivity contribution is 1.10. The Morgan fingerprint density at radius 1 is 0.743 bits per heavy atom. The van der Waals surface area contributed by atoms with Crippen LogP contribution in [-0.2, 0) is 0 Å². The highest BCUT2D eigenvalue weighted by atomic mass is 28.3. The molecule has 0 unspecified atom stereocenters. The lowest BCUT2D eigenvalue weighted by atomic mass is 10.3. The maximum Gasteiger partial charge on any atom is 0.197 e. The van der Waals surface area contributed by atoms with Crippen molar-refractivity contribution in [3.8, 4) is 0 Å². The highest BCUT2D eigenvalue weighted by Gasteiger charge is 2.28. The van der Waals surface area contributed by atoms with E-state index in [1.807, 2.05) is 18.2 Å². The third-order valence-corrected chi connectivity index (χ3v) is 24.2. The Labute approximate surface area is 222 Å². The third kappa shape index (κ3) is 11.2. The summed E-state index contributed by atoms with van der Waals surface area (Å²) in [4.78, 5) is 0. The zero-order valence-corrected chi connectivity index (χ0v) is 27.9. The Hall–Kier alpha value is -1.17. The number of hydrogen-bond donors (Lipinski definition) is 3. The average Bonchev–Trinajstić information content (AvgIpc) is 2.87. The molecule has 0 bridgehead atoms. The Morgan fingerprint density at radius 2 is 1.17 bits per heavy atom. The minimum Gasteiger partial charge on any atom is -0.370 e. The van der Waals surface area contributed by atoms with Gasteiger partial charge in [0.1, 0.15) is 0 Å². The number of nitrogens with zero attached hydrogens (tertiary/aromatic N) is 2. The van der Waals surface area contributed by atoms with Crippen molar-refractivity contribution in [2.75, 3.05) is 5.32 Å². The van der Waals surface area contributed by atoms with Gasteiger partial charge in [-0.3, -0.25) is 14.6 Å². The highest BCUT2D eigenvalue weighted by Crippen LogP contribution is 2.28. The summed E-state index contributed by atoms with van der Waals surface area (Å²) in [7, 11) is -3.97. The lowest BCUT2D eigenvalue weighted by Crippen LogP contribution is -2.43. The molecule has 2 radical (unpaired) electrons. The molecule has 0 saturated heterocycles. The molecule has 0 atom stereocenters. The van der Waals surface area contributed by atoms with Crippen molar-refractivity contribution in [3.05, 3.63) is 30.3 Å². The van der Waals surface area contributed by atoms with Gasteiger partial charge in [0, 0.05) is 5.69 Å². The molecule has 0 heterocycles. The van der Waals surface area contributed by atoms with Crippen LogP contribution in [0.3, 0.4) is 0 Å². The summed E-state index contributed by atoms with van der Waals surface area (Å²) in [6.45, 7) is 19.0. The second-order valence-corrected chi connectivity index (χ2v) is 25.8. The number of hydrogen-bond acceptors (Lipinski definition) is 2. The first-order valence-electron chi connectivity index (χ1n) is 13.9. The third-order valence-electron chi connectivity index (χ3n) is 8.43. The molecule has 0 aliphatic rings. The minimum atomic E-state index is -1.12. The zero-order valence-electron chi connectivity index (χ0n) is 23.9. The van der Waals surface area contributed by atoms with Gasteiger partial charge in [0.15, 0.2) is 29.8 Å². The van der Waals surface area contributed by atoms with Gasteiger partial charge in [0.2, 0.25) is 0 Å². The van der Waals surface area contributed by atoms with Gasteiger partial charge >= 0.3 is 0 Å². The quantitative estimate of drug-likeness (QED) is 0.120. The van der Waals surface area contributed by atoms with E-state index in [1.165, 1.54) is 60.4 Å². The van der Waals surface area contributed by atoms with Crippen LogP contribution in [0.1, 0.15) is 41.5 Å². The monoisotopic (exact) mass is 547 g/mol. The van der Waals surface area contributed by atoms with Gasteiger partial charge in [-0.15, -0.1) is 0 Å². The molecule has 9 heteroatoms. The molecular weight excluding hydrogens is 495 g/mol. The molecular formula is C26H53N5Si4. The first kappa shape index (κ1) is 31.9. The molecule has 0 amide bonds. The van der Waals surface area contributed by atoms with Crippen LogP contribution in [-0.4, -0.2) is 46.0 Å². The van der Waals surface area contributed by atoms with E-state index in [9.17, 15) is 0 Å². The Bertz CT molecular complexity index is 748. The van der Waals surface area contributed by atoms with E-state index in [-0.39, 0.29) is 0 Å². The van der Waals surface area contributed by atoms with Crippen LogP contribution >= 0.6 is 0 Å². The first-order chi connectivity index (χ1) is 16.7. The molecule has 0 aromatic heterocycles. The van der Waals surface area contributed by atoms with Gasteiger partial charge < -0.3 is 11.1 Å². The Balaban J connectivity index is 2.93. The molecule has 1 rings (SSSR count). The van der Waals surface area contributed by atoms with Crippen molar-refractivity contribution in [1.82, 2.24) is 5.32 Å². The molecule has 1 aromatic rings. The Kier molecular flexibility index (Phi) is 15.1. The van der Waals surface area contributed by atoms with Gasteiger partial charge in [0.25, 0.3) is 0 Å². The van der Waals surface area contributed by atoms with Crippen molar-refractivity contribution < 1.29 is 0 Å². The fourth-order valence-corrected chi connectivity index (χ4v) is 18.3. The van der Waals surface area contributed by atoms with E-state index >= 15 is 0 Å². The second kappa shape index (κ2) is 16.5. The van der Waals surface area contributed by atoms with Crippen LogP contribution in [0.5, 0.6) is 0 Å². The standard InChI is InChI=1S/C26H53N5Si4/c1-9-34(10-2,11-3)22-20-32(7)30-25(27)29-26(28-24-18-16-15-17-19-24)31-33(8)21-23-35(12-4,13-5)14-6/h15-19H,9-14,20-23H2,1-8H3,(H4,27,28,29,30,31). The molecule has 4 N–H and O–H groups in total. The van der Waals surface area contributed by atoms with Crippen LogP contribution in [0.2, 0.25) is 73.5 Å². The van der Waals surface area contributed by atoms with E-state index in [1.54, 1.807) is 0 Å². The highest BCUT2D eigenvalue weighted by molar-refractivity contribution is 6.81. The predicted octanol–water partition coefficient (Wildman–Crippen LogP) is 7.62. The van der Waals surface area contributed by atoms with Gasteiger partial charge in [-0.25, -0.2) is 0 Å². The van der Waals surface area contributed by atoms with E-state index in [0.717, 1.165) is 11.6 Å². The molecule has 0 fully saturated rings. The molecule has 35 heavy (non-hydrogen) atoms. The normalized spacial score (nSPS) is 13.5. The number of rotatable bonds is 15. The average molecular weight is 548 g/mol. The number of para-hydroxylation sites is 1. The maximum absolute atomic E-state index is 6.42. The number of nitrogens with one attached hydrogen (secondary N) is 2. The van der Waals surface area contributed by atoms with Gasteiger partial charge in [-0.2, -0.15) is 0 Å². The summed E-state index contributed by atoms with van der Waals surface area (Å²) in [5, 5.41) is 6.82. The van der Waals surface area contributed by atoms with Crippen LogP contribution in [0.25, 0.3) is 0 Å². The molecule has 0 aliphatic carbocycles. The van der Waals surface area contributed by atoms with Crippen LogP contribution < -0.4 is 16.4 Å². The van der Waals surface area contributed by atoms with E-state index in [2.05, 4.69) is 77.4 Å². The van der Waals surface area contributed by atoms with E-state index in [4.69, 9.17) is 15.0 Å². The van der Waals surface area contributed by atoms with Crippen LogP contribution in [0, 0.1) is 0 Å². The first-order valence-corrected chi connectivity index (χ1v) is 23.8. The number of guanidine groups is 2. The summed E-state index contributed by atoms with van der Waals surface area (Å²) < 4.78 is 10.0. The number of nitrogens with two attached hydrogens (primary N) is 1. The Morgan fingerprint density at radius 3 is 1.60 bits per heavy atom. The topological polar surface area (TPSA) is 74.8 Å². The molecule has 198 valence electrons. The summed E-state index contributed by atoms with van der Waals surface area (Å²) in [6.07, 6.45) is 0. The van der Waals surface area contributed by atoms with Crippen LogP contribution in [0.15, 0.2) is 39.6 Å². The maximum atomic E-state index is 6.42. The smallest absolute Gasteiger partial charge is 0.197 e. The van der Waals surface area contributed by atoms with Crippen molar-refractivity contribution >= 4 is 51.7 Å². The zero-order chi connectivity index (χ0) is 26.3. The fraction of sp³-hybridized carbons (Fsp3) is 0.692. The van der Waals surface area contributed by atoms with E-state index in [0.29, 0.717) is 5.96 Å². The van der Waals surface area contributed by atoms with Gasteiger partial charge in [-0.1, -0.05) is 121 Å². The minimum absolute atomic E-state index is 0.509.